The molecule has 142 valence electrons. The predicted octanol–water partition coefficient (Wildman–Crippen LogP) is 2.41. The quantitative estimate of drug-likeness (QED) is 0.631. The molecule has 26 heavy (non-hydrogen) atoms. The summed E-state index contributed by atoms with van der Waals surface area (Å²) in [6, 6.07) is 10.1. The number of esters is 2. The molecule has 1 aromatic carbocycles. The highest BCUT2D eigenvalue weighted by Gasteiger charge is 2.34. The highest BCUT2D eigenvalue weighted by molar-refractivity contribution is 5.76. The molecule has 0 radical (unpaired) electrons. The molecule has 2 rings (SSSR count). The normalized spacial score (nSPS) is 16.2. The van der Waals surface area contributed by atoms with Crippen LogP contribution in [0.5, 0.6) is 0 Å². The second kappa shape index (κ2) is 9.85. The van der Waals surface area contributed by atoms with Crippen molar-refractivity contribution in [2.24, 2.45) is 5.92 Å². The molecule has 6 heteroatoms. The molecule has 1 aliphatic rings. The van der Waals surface area contributed by atoms with Gasteiger partial charge >= 0.3 is 11.9 Å². The molecule has 1 unspecified atom stereocenters. The molecule has 0 saturated heterocycles. The summed E-state index contributed by atoms with van der Waals surface area (Å²) in [4.78, 5) is 28.1. The minimum Gasteiger partial charge on any atom is -0.466 e. The molecular formula is C20H28N2O4. The molecule has 1 heterocycles. The van der Waals surface area contributed by atoms with E-state index in [-0.39, 0.29) is 24.3 Å². The lowest BCUT2D eigenvalue weighted by atomic mass is 10.1. The van der Waals surface area contributed by atoms with Crippen molar-refractivity contribution < 1.29 is 19.1 Å². The van der Waals surface area contributed by atoms with E-state index in [9.17, 15) is 9.59 Å². The van der Waals surface area contributed by atoms with E-state index in [1.807, 2.05) is 43.3 Å². The zero-order chi connectivity index (χ0) is 18.9. The molecule has 0 amide bonds. The first kappa shape index (κ1) is 19.8. The van der Waals surface area contributed by atoms with E-state index in [0.717, 1.165) is 12.2 Å². The van der Waals surface area contributed by atoms with Gasteiger partial charge in [-0.15, -0.1) is 0 Å². The van der Waals surface area contributed by atoms with Gasteiger partial charge in [0, 0.05) is 38.6 Å². The minimum absolute atomic E-state index is 0.225. The molecule has 0 aliphatic carbocycles. The zero-order valence-corrected chi connectivity index (χ0v) is 15.8. The summed E-state index contributed by atoms with van der Waals surface area (Å²) in [5, 5.41) is 0. The molecule has 6 nitrogen and oxygen atoms in total. The standard InChI is InChI=1S/C20H28N2O4/c1-4-25-19(23)11-12-21(3)18-15-22(13-16-9-7-6-8-10-16)14-17(18)20(24)26-5-2/h6-10,15,17H,4-5,11-14H2,1-3H3. The highest BCUT2D eigenvalue weighted by atomic mass is 16.5. The number of carbonyl (C=O) groups is 2. The van der Waals surface area contributed by atoms with Crippen molar-refractivity contribution in [2.75, 3.05) is 33.4 Å². The maximum absolute atomic E-state index is 12.4. The molecule has 0 spiro atoms. The number of rotatable bonds is 9. The van der Waals surface area contributed by atoms with Crippen LogP contribution in [-0.4, -0.2) is 55.1 Å². The van der Waals surface area contributed by atoms with Gasteiger partial charge in [0.1, 0.15) is 5.92 Å². The van der Waals surface area contributed by atoms with Crippen LogP contribution in [0.4, 0.5) is 0 Å². The monoisotopic (exact) mass is 360 g/mol. The Balaban J connectivity index is 2.06. The minimum atomic E-state index is -0.342. The summed E-state index contributed by atoms with van der Waals surface area (Å²) in [5.41, 5.74) is 2.06. The van der Waals surface area contributed by atoms with Crippen LogP contribution in [0, 0.1) is 5.92 Å². The SMILES string of the molecule is CCOC(=O)CCN(C)C1=CN(Cc2ccccc2)CC1C(=O)OCC. The first-order valence-corrected chi connectivity index (χ1v) is 9.08. The Kier molecular flexibility index (Phi) is 7.51. The smallest absolute Gasteiger partial charge is 0.316 e. The van der Waals surface area contributed by atoms with E-state index >= 15 is 0 Å². The first-order chi connectivity index (χ1) is 12.5. The Morgan fingerprint density at radius 3 is 2.50 bits per heavy atom. The van der Waals surface area contributed by atoms with Crippen LogP contribution in [-0.2, 0) is 25.6 Å². The molecule has 1 aliphatic heterocycles. The zero-order valence-electron chi connectivity index (χ0n) is 15.8. The van der Waals surface area contributed by atoms with E-state index in [4.69, 9.17) is 9.47 Å². The van der Waals surface area contributed by atoms with Crippen molar-refractivity contribution in [3.63, 3.8) is 0 Å². The lowest BCUT2D eigenvalue weighted by molar-refractivity contribution is -0.147. The van der Waals surface area contributed by atoms with Crippen molar-refractivity contribution in [1.82, 2.24) is 9.80 Å². The summed E-state index contributed by atoms with van der Waals surface area (Å²) in [6.45, 7) is 6.13. The predicted molar refractivity (Wildman–Crippen MR) is 98.9 cm³/mol. The molecule has 0 N–H and O–H groups in total. The van der Waals surface area contributed by atoms with E-state index in [0.29, 0.717) is 26.3 Å². The second-order valence-corrected chi connectivity index (χ2v) is 6.25. The Labute approximate surface area is 155 Å². The van der Waals surface area contributed by atoms with Crippen LogP contribution < -0.4 is 0 Å². The lowest BCUT2D eigenvalue weighted by Gasteiger charge is -2.23. The van der Waals surface area contributed by atoms with E-state index in [1.54, 1.807) is 6.92 Å². The van der Waals surface area contributed by atoms with Crippen LogP contribution in [0.25, 0.3) is 0 Å². The summed E-state index contributed by atoms with van der Waals surface area (Å²) in [6.07, 6.45) is 2.29. The third kappa shape index (κ3) is 5.51. The van der Waals surface area contributed by atoms with Crippen LogP contribution in [0.3, 0.4) is 0 Å². The Hall–Kier alpha value is -2.50. The molecule has 1 atom stereocenters. The fourth-order valence-corrected chi connectivity index (χ4v) is 3.01. The van der Waals surface area contributed by atoms with Gasteiger partial charge in [0.2, 0.25) is 0 Å². The van der Waals surface area contributed by atoms with Crippen LogP contribution >= 0.6 is 0 Å². The van der Waals surface area contributed by atoms with Gasteiger partial charge in [0.15, 0.2) is 0 Å². The maximum atomic E-state index is 12.4. The van der Waals surface area contributed by atoms with Gasteiger partial charge in [0.05, 0.1) is 19.6 Å². The average Bonchev–Trinajstić information content (AvgIpc) is 3.05. The molecular weight excluding hydrogens is 332 g/mol. The van der Waals surface area contributed by atoms with Gasteiger partial charge in [0.25, 0.3) is 0 Å². The van der Waals surface area contributed by atoms with Crippen molar-refractivity contribution in [1.29, 1.82) is 0 Å². The van der Waals surface area contributed by atoms with Crippen molar-refractivity contribution in [2.45, 2.75) is 26.8 Å². The number of carbonyl (C=O) groups excluding carboxylic acids is 2. The lowest BCUT2D eigenvalue weighted by Crippen LogP contribution is -2.31. The summed E-state index contributed by atoms with van der Waals surface area (Å²) in [7, 11) is 1.89. The molecule has 0 aromatic heterocycles. The largest absolute Gasteiger partial charge is 0.466 e. The Morgan fingerprint density at radius 1 is 1.15 bits per heavy atom. The third-order valence-corrected chi connectivity index (χ3v) is 4.29. The summed E-state index contributed by atoms with van der Waals surface area (Å²) < 4.78 is 10.2. The molecule has 0 saturated carbocycles. The van der Waals surface area contributed by atoms with Crippen molar-refractivity contribution >= 4 is 11.9 Å². The van der Waals surface area contributed by atoms with Crippen LogP contribution in [0.15, 0.2) is 42.2 Å². The summed E-state index contributed by atoms with van der Waals surface area (Å²) in [5.74, 6) is -0.796. The number of hydrogen-bond donors (Lipinski definition) is 0. The van der Waals surface area contributed by atoms with Gasteiger partial charge in [-0.05, 0) is 19.4 Å². The Morgan fingerprint density at radius 2 is 1.85 bits per heavy atom. The molecule has 0 bridgehead atoms. The second-order valence-electron chi connectivity index (χ2n) is 6.25. The maximum Gasteiger partial charge on any atom is 0.316 e. The van der Waals surface area contributed by atoms with Crippen LogP contribution in [0.1, 0.15) is 25.8 Å². The van der Waals surface area contributed by atoms with Crippen molar-refractivity contribution in [3.8, 4) is 0 Å². The van der Waals surface area contributed by atoms with Gasteiger partial charge in [-0.3, -0.25) is 9.59 Å². The Bertz CT molecular complexity index is 630. The fraction of sp³-hybridized carbons (Fsp3) is 0.500. The van der Waals surface area contributed by atoms with Gasteiger partial charge in [-0.25, -0.2) is 0 Å². The van der Waals surface area contributed by atoms with Crippen LogP contribution in [0.2, 0.25) is 0 Å². The first-order valence-electron chi connectivity index (χ1n) is 9.08. The third-order valence-electron chi connectivity index (χ3n) is 4.29. The number of nitrogens with zero attached hydrogens (tertiary/aromatic N) is 2. The number of ether oxygens (including phenoxy) is 2. The average molecular weight is 360 g/mol. The topological polar surface area (TPSA) is 59.1 Å². The highest BCUT2D eigenvalue weighted by Crippen LogP contribution is 2.27. The molecule has 0 fully saturated rings. The summed E-state index contributed by atoms with van der Waals surface area (Å²) >= 11 is 0. The fourth-order valence-electron chi connectivity index (χ4n) is 3.01. The van der Waals surface area contributed by atoms with Gasteiger partial charge in [-0.2, -0.15) is 0 Å². The van der Waals surface area contributed by atoms with Crippen molar-refractivity contribution in [3.05, 3.63) is 47.8 Å². The number of hydrogen-bond acceptors (Lipinski definition) is 6. The van der Waals surface area contributed by atoms with Gasteiger partial charge < -0.3 is 19.3 Å². The van der Waals surface area contributed by atoms with E-state index in [1.165, 1.54) is 5.56 Å². The van der Waals surface area contributed by atoms with E-state index < -0.39 is 0 Å². The number of benzene rings is 1. The van der Waals surface area contributed by atoms with Gasteiger partial charge in [-0.1, -0.05) is 30.3 Å². The van der Waals surface area contributed by atoms with E-state index in [2.05, 4.69) is 17.0 Å². The molecule has 1 aromatic rings.